The fourth-order valence-electron chi connectivity index (χ4n) is 2.67. The van der Waals surface area contributed by atoms with Crippen LogP contribution in [-0.2, 0) is 6.42 Å². The molecule has 1 saturated heterocycles. The normalized spacial score (nSPS) is 18.3. The number of aromatic nitrogens is 2. The molecular formula is C14H24N4. The van der Waals surface area contributed by atoms with Crippen LogP contribution in [0.5, 0.6) is 0 Å². The Labute approximate surface area is 110 Å². The lowest BCUT2D eigenvalue weighted by Crippen LogP contribution is -2.39. The first-order valence-electron chi connectivity index (χ1n) is 6.86. The van der Waals surface area contributed by atoms with E-state index in [9.17, 15) is 0 Å². The van der Waals surface area contributed by atoms with Crippen molar-refractivity contribution in [1.29, 1.82) is 0 Å². The van der Waals surface area contributed by atoms with Gasteiger partial charge in [0, 0.05) is 24.1 Å². The summed E-state index contributed by atoms with van der Waals surface area (Å²) in [7, 11) is 0. The van der Waals surface area contributed by atoms with E-state index in [-0.39, 0.29) is 5.54 Å². The van der Waals surface area contributed by atoms with Crippen molar-refractivity contribution >= 4 is 11.6 Å². The third-order valence-electron chi connectivity index (χ3n) is 3.83. The van der Waals surface area contributed by atoms with Gasteiger partial charge >= 0.3 is 0 Å². The van der Waals surface area contributed by atoms with E-state index in [0.29, 0.717) is 5.82 Å². The largest absolute Gasteiger partial charge is 0.383 e. The minimum absolute atomic E-state index is 0.176. The van der Waals surface area contributed by atoms with Crippen LogP contribution in [0.25, 0.3) is 0 Å². The predicted octanol–water partition coefficient (Wildman–Crippen LogP) is 2.70. The van der Waals surface area contributed by atoms with E-state index in [4.69, 9.17) is 10.7 Å². The van der Waals surface area contributed by atoms with Crippen LogP contribution >= 0.6 is 0 Å². The van der Waals surface area contributed by atoms with Gasteiger partial charge in [-0.25, -0.2) is 9.97 Å². The van der Waals surface area contributed by atoms with Crippen LogP contribution in [0.15, 0.2) is 0 Å². The van der Waals surface area contributed by atoms with Crippen molar-refractivity contribution in [3.63, 3.8) is 0 Å². The van der Waals surface area contributed by atoms with E-state index in [0.717, 1.165) is 36.6 Å². The van der Waals surface area contributed by atoms with Gasteiger partial charge in [-0.3, -0.25) is 0 Å². The Balaban J connectivity index is 2.43. The molecule has 0 spiro atoms. The van der Waals surface area contributed by atoms with Crippen molar-refractivity contribution < 1.29 is 0 Å². The van der Waals surface area contributed by atoms with Gasteiger partial charge in [0.25, 0.3) is 0 Å². The van der Waals surface area contributed by atoms with Gasteiger partial charge in [0.05, 0.1) is 0 Å². The van der Waals surface area contributed by atoms with E-state index >= 15 is 0 Å². The molecule has 18 heavy (non-hydrogen) atoms. The van der Waals surface area contributed by atoms with Crippen molar-refractivity contribution in [2.45, 2.75) is 58.9 Å². The van der Waals surface area contributed by atoms with Crippen molar-refractivity contribution in [2.24, 2.45) is 0 Å². The molecule has 0 aromatic carbocycles. The molecule has 1 fully saturated rings. The summed E-state index contributed by atoms with van der Waals surface area (Å²) in [6.07, 6.45) is 4.37. The van der Waals surface area contributed by atoms with Gasteiger partial charge in [-0.15, -0.1) is 0 Å². The molecule has 0 atom stereocenters. The lowest BCUT2D eigenvalue weighted by molar-refractivity contribution is 0.512. The molecule has 0 amide bonds. The molecule has 4 heteroatoms. The SMILES string of the molecule is CCCc1nc(N)c(C)c(N2CCCC2(C)C)n1. The topological polar surface area (TPSA) is 55.0 Å². The van der Waals surface area contributed by atoms with Crippen molar-refractivity contribution in [3.05, 3.63) is 11.4 Å². The van der Waals surface area contributed by atoms with E-state index < -0.39 is 0 Å². The van der Waals surface area contributed by atoms with Crippen LogP contribution in [0.2, 0.25) is 0 Å². The Morgan fingerprint density at radius 2 is 2.06 bits per heavy atom. The minimum Gasteiger partial charge on any atom is -0.383 e. The van der Waals surface area contributed by atoms with Crippen LogP contribution in [-0.4, -0.2) is 22.1 Å². The monoisotopic (exact) mass is 248 g/mol. The number of nitrogens with zero attached hydrogens (tertiary/aromatic N) is 3. The van der Waals surface area contributed by atoms with E-state index in [1.807, 2.05) is 6.92 Å². The zero-order valence-electron chi connectivity index (χ0n) is 12.0. The lowest BCUT2D eigenvalue weighted by atomic mass is 10.0. The van der Waals surface area contributed by atoms with Crippen LogP contribution < -0.4 is 10.6 Å². The molecule has 1 aromatic rings. The highest BCUT2D eigenvalue weighted by atomic mass is 15.3. The number of anilines is 2. The van der Waals surface area contributed by atoms with Gasteiger partial charge in [0.2, 0.25) is 0 Å². The minimum atomic E-state index is 0.176. The number of nitrogens with two attached hydrogens (primary N) is 1. The third kappa shape index (κ3) is 2.28. The van der Waals surface area contributed by atoms with Crippen molar-refractivity contribution in [1.82, 2.24) is 9.97 Å². The van der Waals surface area contributed by atoms with Crippen LogP contribution in [0.3, 0.4) is 0 Å². The van der Waals surface area contributed by atoms with Gasteiger partial charge in [-0.2, -0.15) is 0 Å². The maximum atomic E-state index is 6.03. The summed E-state index contributed by atoms with van der Waals surface area (Å²) in [4.78, 5) is 11.5. The summed E-state index contributed by atoms with van der Waals surface area (Å²) in [5, 5.41) is 0. The number of rotatable bonds is 3. The quantitative estimate of drug-likeness (QED) is 0.893. The lowest BCUT2D eigenvalue weighted by Gasteiger charge is -2.34. The van der Waals surface area contributed by atoms with Crippen LogP contribution in [0.4, 0.5) is 11.6 Å². The van der Waals surface area contributed by atoms with Crippen molar-refractivity contribution in [3.8, 4) is 0 Å². The molecule has 2 N–H and O–H groups in total. The second-order valence-electron chi connectivity index (χ2n) is 5.79. The number of nitrogen functional groups attached to an aromatic ring is 1. The Bertz CT molecular complexity index is 440. The summed E-state index contributed by atoms with van der Waals surface area (Å²) >= 11 is 0. The molecule has 1 aliphatic heterocycles. The molecule has 1 aromatic heterocycles. The Hall–Kier alpha value is -1.32. The molecule has 0 bridgehead atoms. The molecule has 1 aliphatic rings. The Kier molecular flexibility index (Phi) is 3.46. The van der Waals surface area contributed by atoms with E-state index in [2.05, 4.69) is 30.7 Å². The van der Waals surface area contributed by atoms with Gasteiger partial charge in [-0.05, 0) is 40.0 Å². The van der Waals surface area contributed by atoms with Gasteiger partial charge in [0.15, 0.2) is 0 Å². The van der Waals surface area contributed by atoms with Gasteiger partial charge in [0.1, 0.15) is 17.5 Å². The van der Waals surface area contributed by atoms with Crippen LogP contribution in [0, 0.1) is 6.92 Å². The van der Waals surface area contributed by atoms with Gasteiger partial charge < -0.3 is 10.6 Å². The first kappa shape index (κ1) is 13.1. The summed E-state index contributed by atoms with van der Waals surface area (Å²) < 4.78 is 0. The molecule has 0 aliphatic carbocycles. The number of hydrogen-bond acceptors (Lipinski definition) is 4. The summed E-state index contributed by atoms with van der Waals surface area (Å²) in [6, 6.07) is 0. The Morgan fingerprint density at radius 1 is 1.33 bits per heavy atom. The summed E-state index contributed by atoms with van der Waals surface area (Å²) in [5.41, 5.74) is 7.22. The smallest absolute Gasteiger partial charge is 0.137 e. The second kappa shape index (κ2) is 4.75. The fourth-order valence-corrected chi connectivity index (χ4v) is 2.67. The standard InChI is InChI=1S/C14H24N4/c1-5-7-11-16-12(15)10(2)13(17-11)18-9-6-8-14(18,3)4/h5-9H2,1-4H3,(H2,15,16,17). The number of aryl methyl sites for hydroxylation is 1. The van der Waals surface area contributed by atoms with E-state index in [1.165, 1.54) is 12.8 Å². The molecule has 2 heterocycles. The van der Waals surface area contributed by atoms with E-state index in [1.54, 1.807) is 0 Å². The molecule has 0 unspecified atom stereocenters. The third-order valence-corrected chi connectivity index (χ3v) is 3.83. The first-order chi connectivity index (χ1) is 8.45. The average Bonchev–Trinajstić information content (AvgIpc) is 2.63. The molecule has 2 rings (SSSR count). The van der Waals surface area contributed by atoms with Gasteiger partial charge in [-0.1, -0.05) is 6.92 Å². The zero-order valence-corrected chi connectivity index (χ0v) is 12.0. The Morgan fingerprint density at radius 3 is 2.61 bits per heavy atom. The highest BCUT2D eigenvalue weighted by molar-refractivity contribution is 5.58. The molecule has 4 nitrogen and oxygen atoms in total. The highest BCUT2D eigenvalue weighted by Gasteiger charge is 2.34. The molecular weight excluding hydrogens is 224 g/mol. The highest BCUT2D eigenvalue weighted by Crippen LogP contribution is 2.35. The zero-order chi connectivity index (χ0) is 13.3. The number of hydrogen-bond donors (Lipinski definition) is 1. The molecule has 100 valence electrons. The molecule has 0 saturated carbocycles. The maximum Gasteiger partial charge on any atom is 0.137 e. The average molecular weight is 248 g/mol. The van der Waals surface area contributed by atoms with Crippen molar-refractivity contribution in [2.75, 3.05) is 17.2 Å². The fraction of sp³-hybridized carbons (Fsp3) is 0.714. The van der Waals surface area contributed by atoms with Crippen LogP contribution in [0.1, 0.15) is 51.4 Å². The molecule has 0 radical (unpaired) electrons. The second-order valence-corrected chi connectivity index (χ2v) is 5.79. The maximum absolute atomic E-state index is 6.03. The predicted molar refractivity (Wildman–Crippen MR) is 75.8 cm³/mol. The summed E-state index contributed by atoms with van der Waals surface area (Å²) in [6.45, 7) is 9.78. The summed E-state index contributed by atoms with van der Waals surface area (Å²) in [5.74, 6) is 2.54. The first-order valence-corrected chi connectivity index (χ1v) is 6.86.